The van der Waals surface area contributed by atoms with Gasteiger partial charge in [0.25, 0.3) is 0 Å². The third-order valence-corrected chi connectivity index (χ3v) is 10.5. The average molecular weight is 710 g/mol. The molecule has 0 fully saturated rings. The van der Waals surface area contributed by atoms with Gasteiger partial charge in [-0.3, -0.25) is 19.4 Å². The number of allylic oxidation sites excluding steroid dienone is 1. The molecule has 6 rings (SSSR count). The van der Waals surface area contributed by atoms with Gasteiger partial charge < -0.3 is 10.2 Å². The van der Waals surface area contributed by atoms with Crippen LogP contribution in [0.25, 0.3) is 5.57 Å². The van der Waals surface area contributed by atoms with Crippen LogP contribution in [-0.2, 0) is 35.8 Å². The number of hydrogen-bond acceptors (Lipinski definition) is 4. The first-order chi connectivity index (χ1) is 22.7. The molecular weight excluding hydrogens is 664 g/mol. The number of nitrogens with zero attached hydrogens (tertiary/aromatic N) is 2. The van der Waals surface area contributed by atoms with Crippen LogP contribution in [0.15, 0.2) is 71.7 Å². The fraction of sp³-hybridized carbons (Fsp3) is 0.317. The van der Waals surface area contributed by atoms with Crippen molar-refractivity contribution in [2.24, 2.45) is 0 Å². The normalized spacial score (nSPS) is 17.0. The highest BCUT2D eigenvalue weighted by atomic mass is 79.9. The second-order valence-corrected chi connectivity index (χ2v) is 14.4. The topological polar surface area (TPSA) is 81.1 Å². The predicted octanol–water partition coefficient (Wildman–Crippen LogP) is 9.30. The summed E-state index contributed by atoms with van der Waals surface area (Å²) in [6.07, 6.45) is 0. The summed E-state index contributed by atoms with van der Waals surface area (Å²) < 4.78 is 0.987. The Balaban J connectivity index is 0.000000188. The summed E-state index contributed by atoms with van der Waals surface area (Å²) in [7, 11) is 0. The molecule has 0 aromatic heterocycles. The van der Waals surface area contributed by atoms with E-state index in [-0.39, 0.29) is 0 Å². The molecule has 4 aromatic carbocycles. The van der Waals surface area contributed by atoms with E-state index in [9.17, 15) is 19.8 Å². The molecule has 7 heteroatoms. The van der Waals surface area contributed by atoms with Crippen molar-refractivity contribution in [1.29, 1.82) is 0 Å². The van der Waals surface area contributed by atoms with E-state index in [1.54, 1.807) is 0 Å². The summed E-state index contributed by atoms with van der Waals surface area (Å²) in [5.74, 6) is -1.58. The number of halogens is 1. The SMILES string of the molecule is C=C(C)c1cccc2c1CN(Cc1c(C)cc(C)cc1C)C2C(=O)O.Cc1cc(C)c(CN2Cc3c(Br)cccc3C2C(=O)O)c(C)c1. The maximum atomic E-state index is 12.0. The molecule has 0 bridgehead atoms. The summed E-state index contributed by atoms with van der Waals surface area (Å²) in [6, 6.07) is 19.2. The molecule has 0 radical (unpaired) electrons. The fourth-order valence-corrected chi connectivity index (χ4v) is 8.12. The summed E-state index contributed by atoms with van der Waals surface area (Å²) in [5, 5.41) is 19.6. The van der Waals surface area contributed by atoms with E-state index in [1.165, 1.54) is 44.5 Å². The first kappa shape index (κ1) is 35.3. The molecule has 2 atom stereocenters. The fourth-order valence-electron chi connectivity index (χ4n) is 7.62. The Kier molecular flexibility index (Phi) is 10.4. The van der Waals surface area contributed by atoms with Crippen LogP contribution in [0.3, 0.4) is 0 Å². The molecule has 0 saturated carbocycles. The van der Waals surface area contributed by atoms with Crippen LogP contribution >= 0.6 is 15.9 Å². The van der Waals surface area contributed by atoms with Gasteiger partial charge in [-0.05, 0) is 116 Å². The smallest absolute Gasteiger partial charge is 0.325 e. The van der Waals surface area contributed by atoms with Crippen LogP contribution in [0, 0.1) is 41.5 Å². The number of aryl methyl sites for hydroxylation is 6. The van der Waals surface area contributed by atoms with Crippen molar-refractivity contribution in [3.63, 3.8) is 0 Å². The van der Waals surface area contributed by atoms with Gasteiger partial charge in [-0.2, -0.15) is 0 Å². The standard InChI is InChI=1S/C22H25NO2.C19H20BrNO2/c1-13(2)17-7-6-8-18-20(17)12-23(21(18)22(24)25)11-19-15(4)9-14(3)10-16(19)5;1-11-7-12(2)15(13(3)8-11)9-21-10-16-14(18(21)19(22)23)5-4-6-17(16)20/h6-10,21H,1,11-12H2,2-5H3,(H,24,25);4-8,18H,9-10H2,1-3H3,(H,22,23). The van der Waals surface area contributed by atoms with E-state index in [0.717, 1.165) is 37.9 Å². The highest BCUT2D eigenvalue weighted by Crippen LogP contribution is 2.40. The Bertz CT molecular complexity index is 1880. The van der Waals surface area contributed by atoms with Gasteiger partial charge in [-0.15, -0.1) is 0 Å². The summed E-state index contributed by atoms with van der Waals surface area (Å²) in [6.45, 7) is 21.2. The van der Waals surface area contributed by atoms with Gasteiger partial charge in [0.1, 0.15) is 12.1 Å². The van der Waals surface area contributed by atoms with E-state index in [0.29, 0.717) is 26.2 Å². The summed E-state index contributed by atoms with van der Waals surface area (Å²) in [5.41, 5.74) is 15.9. The Hall–Kier alpha value is -4.04. The zero-order valence-electron chi connectivity index (χ0n) is 28.9. The molecule has 48 heavy (non-hydrogen) atoms. The third-order valence-electron chi connectivity index (χ3n) is 9.74. The highest BCUT2D eigenvalue weighted by Gasteiger charge is 2.38. The van der Waals surface area contributed by atoms with Crippen LogP contribution < -0.4 is 0 Å². The molecule has 2 N–H and O–H groups in total. The minimum Gasteiger partial charge on any atom is -0.480 e. The minimum absolute atomic E-state index is 0.581. The van der Waals surface area contributed by atoms with E-state index in [1.807, 2.05) is 48.2 Å². The Morgan fingerprint density at radius 2 is 1.10 bits per heavy atom. The lowest BCUT2D eigenvalue weighted by atomic mass is 9.96. The molecule has 2 aliphatic rings. The van der Waals surface area contributed by atoms with Crippen LogP contribution in [0.1, 0.15) is 91.3 Å². The molecule has 0 amide bonds. The molecule has 250 valence electrons. The van der Waals surface area contributed by atoms with Crippen molar-refractivity contribution in [2.75, 3.05) is 0 Å². The summed E-state index contributed by atoms with van der Waals surface area (Å²) in [4.78, 5) is 28.0. The van der Waals surface area contributed by atoms with Crippen molar-refractivity contribution in [3.05, 3.63) is 144 Å². The van der Waals surface area contributed by atoms with E-state index >= 15 is 0 Å². The van der Waals surface area contributed by atoms with E-state index in [4.69, 9.17) is 0 Å². The summed E-state index contributed by atoms with van der Waals surface area (Å²) >= 11 is 3.56. The number of fused-ring (bicyclic) bond motifs is 2. The molecule has 2 heterocycles. The van der Waals surface area contributed by atoms with Gasteiger partial charge in [0.2, 0.25) is 0 Å². The molecule has 0 saturated heterocycles. The van der Waals surface area contributed by atoms with Gasteiger partial charge in [0, 0.05) is 30.7 Å². The van der Waals surface area contributed by atoms with Crippen LogP contribution in [0.5, 0.6) is 0 Å². The number of rotatable bonds is 7. The lowest BCUT2D eigenvalue weighted by molar-refractivity contribution is -0.144. The van der Waals surface area contributed by atoms with Crippen LogP contribution in [0.2, 0.25) is 0 Å². The molecule has 0 aliphatic carbocycles. The maximum Gasteiger partial charge on any atom is 0.325 e. The Labute approximate surface area is 292 Å². The second kappa shape index (κ2) is 14.2. The van der Waals surface area contributed by atoms with Gasteiger partial charge in [-0.1, -0.05) is 93.8 Å². The molecule has 0 spiro atoms. The molecule has 4 aromatic rings. The number of carbonyl (C=O) groups is 2. The zero-order valence-corrected chi connectivity index (χ0v) is 30.5. The average Bonchev–Trinajstić information content (AvgIpc) is 3.56. The van der Waals surface area contributed by atoms with Gasteiger partial charge >= 0.3 is 11.9 Å². The monoisotopic (exact) mass is 708 g/mol. The number of hydrogen-bond donors (Lipinski definition) is 2. The first-order valence-electron chi connectivity index (χ1n) is 16.3. The number of benzene rings is 4. The van der Waals surface area contributed by atoms with E-state index in [2.05, 4.69) is 93.2 Å². The largest absolute Gasteiger partial charge is 0.480 e. The molecular formula is C41H45BrN2O4. The lowest BCUT2D eigenvalue weighted by Crippen LogP contribution is -2.28. The highest BCUT2D eigenvalue weighted by molar-refractivity contribution is 9.10. The Morgan fingerprint density at radius 1 is 0.708 bits per heavy atom. The predicted molar refractivity (Wildman–Crippen MR) is 196 cm³/mol. The van der Waals surface area contributed by atoms with Gasteiger partial charge in [-0.25, -0.2) is 0 Å². The Morgan fingerprint density at radius 3 is 1.52 bits per heavy atom. The van der Waals surface area contributed by atoms with Crippen molar-refractivity contribution >= 4 is 33.4 Å². The van der Waals surface area contributed by atoms with Crippen molar-refractivity contribution in [3.8, 4) is 0 Å². The zero-order chi connectivity index (χ0) is 35.0. The first-order valence-corrected chi connectivity index (χ1v) is 17.1. The van der Waals surface area contributed by atoms with Crippen LogP contribution in [-0.4, -0.2) is 32.0 Å². The van der Waals surface area contributed by atoms with Crippen molar-refractivity contribution in [1.82, 2.24) is 9.80 Å². The van der Waals surface area contributed by atoms with Gasteiger partial charge in [0.05, 0.1) is 0 Å². The van der Waals surface area contributed by atoms with Crippen molar-refractivity contribution in [2.45, 2.75) is 86.7 Å². The second-order valence-electron chi connectivity index (χ2n) is 13.5. The molecule has 2 unspecified atom stereocenters. The molecule has 6 nitrogen and oxygen atoms in total. The quantitative estimate of drug-likeness (QED) is 0.199. The maximum absolute atomic E-state index is 12.0. The van der Waals surface area contributed by atoms with Crippen LogP contribution in [0.4, 0.5) is 0 Å². The third kappa shape index (κ3) is 7.05. The minimum atomic E-state index is -0.792. The number of aliphatic carboxylic acids is 2. The number of carboxylic acids is 2. The molecule has 2 aliphatic heterocycles. The lowest BCUT2D eigenvalue weighted by Gasteiger charge is -2.24. The van der Waals surface area contributed by atoms with Gasteiger partial charge in [0.15, 0.2) is 0 Å². The van der Waals surface area contributed by atoms with E-state index < -0.39 is 24.0 Å². The number of carboxylic acid groups (broad SMARTS) is 2. The van der Waals surface area contributed by atoms with Crippen molar-refractivity contribution < 1.29 is 19.8 Å².